The number of carbonyl (C=O) groups excluding carboxylic acids is 4. The van der Waals surface area contributed by atoms with Crippen molar-refractivity contribution in [1.82, 2.24) is 20.5 Å². The van der Waals surface area contributed by atoms with Crippen molar-refractivity contribution in [2.75, 3.05) is 44.8 Å². The van der Waals surface area contributed by atoms with Crippen LogP contribution in [0.5, 0.6) is 5.75 Å². The molecule has 0 unspecified atom stereocenters. The van der Waals surface area contributed by atoms with Crippen LogP contribution < -0.4 is 20.7 Å². The molecule has 1 aliphatic rings. The van der Waals surface area contributed by atoms with Gasteiger partial charge in [-0.1, -0.05) is 56.3 Å². The molecule has 1 aromatic heterocycles. The predicted molar refractivity (Wildman–Crippen MR) is 183 cm³/mol. The lowest BCUT2D eigenvalue weighted by Gasteiger charge is -2.28. The second-order valence-corrected chi connectivity index (χ2v) is 13.3. The Hall–Kier alpha value is -4.33. The SMILES string of the molecule is CCC(=O)c1csc(NC(=O)[C@@H](NC(=O)[C@H](NC(=O)OC(C)(C)C)c2ccc(OCCN3CCOCC3)cc2)[C@@H](C)c2ccccc2)n1. The molecule has 1 saturated heterocycles. The molecule has 1 fully saturated rings. The second-order valence-electron chi connectivity index (χ2n) is 12.4. The highest BCUT2D eigenvalue weighted by atomic mass is 32.1. The molecule has 3 amide bonds. The first kappa shape index (κ1) is 36.5. The molecule has 1 aliphatic heterocycles. The van der Waals surface area contributed by atoms with E-state index < -0.39 is 41.5 Å². The molecule has 2 aromatic carbocycles. The van der Waals surface area contributed by atoms with E-state index in [9.17, 15) is 19.2 Å². The van der Waals surface area contributed by atoms with Gasteiger partial charge >= 0.3 is 6.09 Å². The summed E-state index contributed by atoms with van der Waals surface area (Å²) >= 11 is 1.13. The molecule has 4 rings (SSSR count). The Morgan fingerprint density at radius 3 is 2.29 bits per heavy atom. The van der Waals surface area contributed by atoms with Crippen LogP contribution in [0.3, 0.4) is 0 Å². The number of rotatable bonds is 14. The topological polar surface area (TPSA) is 148 Å². The van der Waals surface area contributed by atoms with Crippen molar-refractivity contribution in [2.45, 2.75) is 64.6 Å². The van der Waals surface area contributed by atoms with Gasteiger partial charge in [-0.15, -0.1) is 11.3 Å². The van der Waals surface area contributed by atoms with E-state index in [0.717, 1.165) is 36.5 Å². The van der Waals surface area contributed by atoms with E-state index in [2.05, 4.69) is 25.8 Å². The van der Waals surface area contributed by atoms with E-state index in [1.165, 1.54) is 0 Å². The van der Waals surface area contributed by atoms with E-state index >= 15 is 0 Å². The van der Waals surface area contributed by atoms with Crippen molar-refractivity contribution in [1.29, 1.82) is 0 Å². The van der Waals surface area contributed by atoms with Gasteiger partial charge in [0, 0.05) is 37.4 Å². The highest BCUT2D eigenvalue weighted by Crippen LogP contribution is 2.25. The fourth-order valence-corrected chi connectivity index (χ4v) is 5.74. The minimum atomic E-state index is -1.20. The number of benzene rings is 2. The Bertz CT molecular complexity index is 1520. The van der Waals surface area contributed by atoms with Crippen molar-refractivity contribution >= 4 is 40.2 Å². The van der Waals surface area contributed by atoms with Crippen LogP contribution in [-0.4, -0.2) is 84.7 Å². The highest BCUT2D eigenvalue weighted by molar-refractivity contribution is 7.14. The first-order valence-electron chi connectivity index (χ1n) is 16.1. The van der Waals surface area contributed by atoms with Crippen LogP contribution in [0.4, 0.5) is 9.93 Å². The summed E-state index contributed by atoms with van der Waals surface area (Å²) < 4.78 is 16.8. The summed E-state index contributed by atoms with van der Waals surface area (Å²) in [7, 11) is 0. The Morgan fingerprint density at radius 1 is 0.958 bits per heavy atom. The highest BCUT2D eigenvalue weighted by Gasteiger charge is 2.33. The lowest BCUT2D eigenvalue weighted by atomic mass is 9.92. The predicted octanol–water partition coefficient (Wildman–Crippen LogP) is 4.94. The summed E-state index contributed by atoms with van der Waals surface area (Å²) in [5.41, 5.74) is 0.742. The molecule has 3 N–H and O–H groups in total. The van der Waals surface area contributed by atoms with Crippen molar-refractivity contribution < 1.29 is 33.4 Å². The zero-order valence-electron chi connectivity index (χ0n) is 28.1. The maximum absolute atomic E-state index is 14.0. The number of ether oxygens (including phenoxy) is 3. The Morgan fingerprint density at radius 2 is 1.65 bits per heavy atom. The summed E-state index contributed by atoms with van der Waals surface area (Å²) in [5.74, 6) is -1.15. The van der Waals surface area contributed by atoms with Crippen LogP contribution in [0.2, 0.25) is 0 Å². The van der Waals surface area contributed by atoms with Crippen LogP contribution in [0.15, 0.2) is 60.0 Å². The van der Waals surface area contributed by atoms with Crippen molar-refractivity contribution in [3.8, 4) is 5.75 Å². The standard InChI is InChI=1S/C35H45N5O7S/c1-6-28(41)27-22-48-33(36-27)39-31(42)29(23(2)24-10-8-7-9-11-24)37-32(43)30(38-34(44)47-35(3,4)5)25-12-14-26(15-13-25)46-21-18-40-16-19-45-20-17-40/h7-15,22-23,29-30H,6,16-21H2,1-5H3,(H,37,43)(H,38,44)(H,36,39,42)/t23-,29-,30+/m0/s1. The van der Waals surface area contributed by atoms with Crippen molar-refractivity contribution in [3.05, 3.63) is 76.8 Å². The molecular weight excluding hydrogens is 634 g/mol. The molecule has 2 heterocycles. The number of thiazole rings is 1. The molecule has 0 aliphatic carbocycles. The normalized spacial score (nSPS) is 15.4. The average molecular weight is 680 g/mol. The number of amides is 3. The number of hydrogen-bond donors (Lipinski definition) is 3. The molecular formula is C35H45N5O7S. The molecule has 3 aromatic rings. The van der Waals surface area contributed by atoms with Crippen LogP contribution in [0.25, 0.3) is 0 Å². The molecule has 0 saturated carbocycles. The number of carbonyl (C=O) groups is 4. The largest absolute Gasteiger partial charge is 0.492 e. The van der Waals surface area contributed by atoms with E-state index in [-0.39, 0.29) is 23.0 Å². The van der Waals surface area contributed by atoms with Gasteiger partial charge < -0.3 is 30.2 Å². The average Bonchev–Trinajstić information content (AvgIpc) is 3.54. The van der Waals surface area contributed by atoms with Gasteiger partial charge in [-0.25, -0.2) is 9.78 Å². The quantitative estimate of drug-likeness (QED) is 0.202. The lowest BCUT2D eigenvalue weighted by Crippen LogP contribution is -2.51. The summed E-state index contributed by atoms with van der Waals surface area (Å²) in [6.07, 6.45) is -0.504. The van der Waals surface area contributed by atoms with Gasteiger partial charge in [0.05, 0.1) is 13.2 Å². The number of aromatic nitrogens is 1. The Balaban J connectivity index is 1.54. The molecule has 258 valence electrons. The number of hydrogen-bond acceptors (Lipinski definition) is 10. The summed E-state index contributed by atoms with van der Waals surface area (Å²) in [6.45, 7) is 13.1. The van der Waals surface area contributed by atoms with Gasteiger partial charge in [0.25, 0.3) is 0 Å². The van der Waals surface area contributed by atoms with Gasteiger partial charge in [0.1, 0.15) is 35.7 Å². The van der Waals surface area contributed by atoms with Gasteiger partial charge in [-0.05, 0) is 44.0 Å². The van der Waals surface area contributed by atoms with Crippen LogP contribution in [0, 0.1) is 0 Å². The van der Waals surface area contributed by atoms with Crippen LogP contribution >= 0.6 is 11.3 Å². The summed E-state index contributed by atoms with van der Waals surface area (Å²) in [4.78, 5) is 59.4. The lowest BCUT2D eigenvalue weighted by molar-refractivity contribution is -0.128. The van der Waals surface area contributed by atoms with Gasteiger partial charge in [-0.2, -0.15) is 0 Å². The van der Waals surface area contributed by atoms with Gasteiger partial charge in [0.15, 0.2) is 10.9 Å². The smallest absolute Gasteiger partial charge is 0.408 e. The van der Waals surface area contributed by atoms with Crippen LogP contribution in [-0.2, 0) is 19.1 Å². The van der Waals surface area contributed by atoms with Crippen molar-refractivity contribution in [3.63, 3.8) is 0 Å². The zero-order chi connectivity index (χ0) is 34.7. The van der Waals surface area contributed by atoms with E-state index in [1.54, 1.807) is 57.3 Å². The minimum absolute atomic E-state index is 0.140. The van der Waals surface area contributed by atoms with Crippen LogP contribution in [0.1, 0.15) is 74.6 Å². The second kappa shape index (κ2) is 17.2. The fraction of sp³-hybridized carbons (Fsp3) is 0.457. The molecule has 3 atom stereocenters. The molecule has 13 heteroatoms. The Labute approximate surface area is 285 Å². The fourth-order valence-electron chi connectivity index (χ4n) is 5.03. The third-order valence-electron chi connectivity index (χ3n) is 7.66. The maximum Gasteiger partial charge on any atom is 0.408 e. The number of nitrogens with zero attached hydrogens (tertiary/aromatic N) is 2. The van der Waals surface area contributed by atoms with Crippen molar-refractivity contribution in [2.24, 2.45) is 0 Å². The number of ketones is 1. The first-order chi connectivity index (χ1) is 22.9. The number of alkyl carbamates (subject to hydrolysis) is 1. The minimum Gasteiger partial charge on any atom is -0.492 e. The third-order valence-corrected chi connectivity index (χ3v) is 8.42. The number of morpholine rings is 1. The van der Waals surface area contributed by atoms with E-state index in [4.69, 9.17) is 14.2 Å². The Kier molecular flexibility index (Phi) is 13.1. The monoisotopic (exact) mass is 679 g/mol. The third kappa shape index (κ3) is 10.9. The molecule has 0 radical (unpaired) electrons. The van der Waals surface area contributed by atoms with E-state index in [0.29, 0.717) is 31.1 Å². The number of Topliss-reactive ketones (excluding diaryl/α,β-unsaturated/α-hetero) is 1. The summed E-state index contributed by atoms with van der Waals surface area (Å²) in [6, 6.07) is 13.9. The molecule has 48 heavy (non-hydrogen) atoms. The molecule has 0 bridgehead atoms. The van der Waals surface area contributed by atoms with Gasteiger partial charge in [-0.3, -0.25) is 19.3 Å². The van der Waals surface area contributed by atoms with Gasteiger partial charge in [0.2, 0.25) is 11.8 Å². The summed E-state index contributed by atoms with van der Waals surface area (Å²) in [5, 5.41) is 10.1. The van der Waals surface area contributed by atoms with E-state index in [1.807, 2.05) is 37.3 Å². The first-order valence-corrected chi connectivity index (χ1v) is 17.0. The molecule has 12 nitrogen and oxygen atoms in total. The number of nitrogens with one attached hydrogen (secondary N) is 3. The zero-order valence-corrected chi connectivity index (χ0v) is 28.9. The number of anilines is 1. The molecule has 0 spiro atoms. The maximum atomic E-state index is 14.0.